The molecule has 3 nitrogen and oxygen atoms in total. The van der Waals surface area contributed by atoms with Gasteiger partial charge >= 0.3 is 0 Å². The smallest absolute Gasteiger partial charge is 0.228 e. The van der Waals surface area contributed by atoms with Crippen molar-refractivity contribution in [1.29, 1.82) is 0 Å². The Balaban J connectivity index is 1.89. The van der Waals surface area contributed by atoms with Gasteiger partial charge in [0.25, 0.3) is 0 Å². The lowest BCUT2D eigenvalue weighted by atomic mass is 10.2. The number of amides is 1. The number of carbonyl (C=O) groups is 1. The first kappa shape index (κ1) is 13.0. The van der Waals surface area contributed by atoms with Crippen molar-refractivity contribution in [1.82, 2.24) is 5.32 Å². The zero-order chi connectivity index (χ0) is 13.0. The summed E-state index contributed by atoms with van der Waals surface area (Å²) in [6, 6.07) is 6.68. The second-order valence-corrected chi connectivity index (χ2v) is 4.59. The molecule has 0 saturated heterocycles. The van der Waals surface area contributed by atoms with Crippen LogP contribution in [0.2, 0.25) is 0 Å². The summed E-state index contributed by atoms with van der Waals surface area (Å²) >= 11 is 0. The summed E-state index contributed by atoms with van der Waals surface area (Å²) in [4.78, 5) is 13.7. The molecule has 1 aromatic carbocycles. The molecule has 1 aliphatic rings. The fraction of sp³-hybridized carbons (Fsp3) is 0.500. The minimum Gasteiger partial charge on any atom is -0.313 e. The van der Waals surface area contributed by atoms with Gasteiger partial charge in [0, 0.05) is 31.2 Å². The van der Waals surface area contributed by atoms with Gasteiger partial charge in [0.2, 0.25) is 5.91 Å². The van der Waals surface area contributed by atoms with Crippen molar-refractivity contribution < 1.29 is 9.18 Å². The van der Waals surface area contributed by atoms with Crippen molar-refractivity contribution in [2.75, 3.05) is 18.0 Å². The summed E-state index contributed by atoms with van der Waals surface area (Å²) in [5, 5.41) is 3.32. The summed E-state index contributed by atoms with van der Waals surface area (Å²) < 4.78 is 12.8. The average Bonchev–Trinajstić information content (AvgIpc) is 3.16. The van der Waals surface area contributed by atoms with E-state index < -0.39 is 0 Å². The summed E-state index contributed by atoms with van der Waals surface area (Å²) in [5.74, 6) is -0.199. The van der Waals surface area contributed by atoms with Crippen molar-refractivity contribution in [3.63, 3.8) is 0 Å². The first-order valence-electron chi connectivity index (χ1n) is 6.50. The van der Waals surface area contributed by atoms with Gasteiger partial charge in [-0.25, -0.2) is 4.39 Å². The fourth-order valence-corrected chi connectivity index (χ4v) is 1.93. The lowest BCUT2D eigenvalue weighted by molar-refractivity contribution is -0.118. The molecule has 0 aliphatic heterocycles. The Bertz CT molecular complexity index is 401. The molecule has 4 heteroatoms. The monoisotopic (exact) mass is 250 g/mol. The maximum Gasteiger partial charge on any atom is 0.228 e. The normalized spacial score (nSPS) is 14.6. The number of rotatable bonds is 6. The Kier molecular flexibility index (Phi) is 4.31. The molecule has 0 heterocycles. The molecule has 0 aromatic heterocycles. The van der Waals surface area contributed by atoms with E-state index in [9.17, 15) is 9.18 Å². The van der Waals surface area contributed by atoms with Crippen molar-refractivity contribution >= 4 is 11.6 Å². The number of halogens is 1. The standard InChI is InChI=1S/C14H19FN2O/c1-2-17(13-7-3-11(15)4-8-13)14(18)9-10-16-12-5-6-12/h3-4,7-8,12,16H,2,5-6,9-10H2,1H3. The molecule has 1 N–H and O–H groups in total. The number of anilines is 1. The van der Waals surface area contributed by atoms with Crippen LogP contribution in [0.4, 0.5) is 10.1 Å². The van der Waals surface area contributed by atoms with Crippen LogP contribution in [0.5, 0.6) is 0 Å². The Hall–Kier alpha value is -1.42. The molecular weight excluding hydrogens is 231 g/mol. The van der Waals surface area contributed by atoms with Crippen LogP contribution in [0.25, 0.3) is 0 Å². The third-order valence-corrected chi connectivity index (χ3v) is 3.10. The Labute approximate surface area is 107 Å². The number of hydrogen-bond acceptors (Lipinski definition) is 2. The third-order valence-electron chi connectivity index (χ3n) is 3.10. The van der Waals surface area contributed by atoms with Gasteiger partial charge in [-0.3, -0.25) is 4.79 Å². The molecule has 0 unspecified atom stereocenters. The van der Waals surface area contributed by atoms with E-state index in [2.05, 4.69) is 5.32 Å². The average molecular weight is 250 g/mol. The predicted molar refractivity (Wildman–Crippen MR) is 70.1 cm³/mol. The van der Waals surface area contributed by atoms with Gasteiger partial charge in [0.15, 0.2) is 0 Å². The second kappa shape index (κ2) is 5.96. The zero-order valence-electron chi connectivity index (χ0n) is 10.7. The van der Waals surface area contributed by atoms with Crippen molar-refractivity contribution in [2.45, 2.75) is 32.2 Å². The highest BCUT2D eigenvalue weighted by molar-refractivity contribution is 5.93. The summed E-state index contributed by atoms with van der Waals surface area (Å²) in [6.07, 6.45) is 2.94. The van der Waals surface area contributed by atoms with E-state index in [1.807, 2.05) is 6.92 Å². The Morgan fingerprint density at radius 3 is 2.61 bits per heavy atom. The van der Waals surface area contributed by atoms with Crippen molar-refractivity contribution in [2.24, 2.45) is 0 Å². The van der Waals surface area contributed by atoms with Gasteiger partial charge in [0.1, 0.15) is 5.82 Å². The van der Waals surface area contributed by atoms with E-state index in [0.29, 0.717) is 19.0 Å². The van der Waals surface area contributed by atoms with Crippen LogP contribution in [0.3, 0.4) is 0 Å². The molecule has 0 bridgehead atoms. The number of carbonyl (C=O) groups excluding carboxylic acids is 1. The molecule has 1 amide bonds. The van der Waals surface area contributed by atoms with Gasteiger partial charge in [-0.05, 0) is 44.0 Å². The van der Waals surface area contributed by atoms with Crippen LogP contribution < -0.4 is 10.2 Å². The van der Waals surface area contributed by atoms with E-state index >= 15 is 0 Å². The maximum atomic E-state index is 12.8. The van der Waals surface area contributed by atoms with Crippen LogP contribution in [0, 0.1) is 5.82 Å². The molecule has 1 aromatic rings. The first-order valence-corrected chi connectivity index (χ1v) is 6.50. The highest BCUT2D eigenvalue weighted by atomic mass is 19.1. The lowest BCUT2D eigenvalue weighted by Crippen LogP contribution is -2.33. The molecule has 1 fully saturated rings. The fourth-order valence-electron chi connectivity index (χ4n) is 1.93. The van der Waals surface area contributed by atoms with Gasteiger partial charge in [-0.1, -0.05) is 0 Å². The molecule has 1 saturated carbocycles. The highest BCUT2D eigenvalue weighted by Crippen LogP contribution is 2.19. The Morgan fingerprint density at radius 1 is 1.39 bits per heavy atom. The lowest BCUT2D eigenvalue weighted by Gasteiger charge is -2.21. The molecular formula is C14H19FN2O. The van der Waals surface area contributed by atoms with E-state index in [1.54, 1.807) is 17.0 Å². The number of nitrogens with one attached hydrogen (secondary N) is 1. The van der Waals surface area contributed by atoms with Crippen LogP contribution >= 0.6 is 0 Å². The van der Waals surface area contributed by atoms with Gasteiger partial charge in [0.05, 0.1) is 0 Å². The quantitative estimate of drug-likeness (QED) is 0.840. The van der Waals surface area contributed by atoms with Crippen LogP contribution in [0.15, 0.2) is 24.3 Å². The van der Waals surface area contributed by atoms with Crippen LogP contribution in [0.1, 0.15) is 26.2 Å². The second-order valence-electron chi connectivity index (χ2n) is 4.59. The van der Waals surface area contributed by atoms with E-state index in [-0.39, 0.29) is 11.7 Å². The molecule has 0 spiro atoms. The van der Waals surface area contributed by atoms with Crippen molar-refractivity contribution in [3.05, 3.63) is 30.1 Å². The minimum absolute atomic E-state index is 0.0808. The zero-order valence-corrected chi connectivity index (χ0v) is 10.7. The summed E-state index contributed by atoms with van der Waals surface area (Å²) in [7, 11) is 0. The summed E-state index contributed by atoms with van der Waals surface area (Å²) in [6.45, 7) is 3.25. The molecule has 98 valence electrons. The van der Waals surface area contributed by atoms with Gasteiger partial charge in [-0.15, -0.1) is 0 Å². The number of benzene rings is 1. The Morgan fingerprint density at radius 2 is 2.06 bits per heavy atom. The molecule has 18 heavy (non-hydrogen) atoms. The SMILES string of the molecule is CCN(C(=O)CCNC1CC1)c1ccc(F)cc1. The molecule has 0 radical (unpaired) electrons. The number of hydrogen-bond donors (Lipinski definition) is 1. The highest BCUT2D eigenvalue weighted by Gasteiger charge is 2.21. The molecule has 1 aliphatic carbocycles. The molecule has 2 rings (SSSR count). The first-order chi connectivity index (χ1) is 8.70. The topological polar surface area (TPSA) is 32.3 Å². The van der Waals surface area contributed by atoms with Crippen molar-refractivity contribution in [3.8, 4) is 0 Å². The van der Waals surface area contributed by atoms with Crippen LogP contribution in [-0.2, 0) is 4.79 Å². The maximum absolute atomic E-state index is 12.8. The summed E-state index contributed by atoms with van der Waals surface area (Å²) in [5.41, 5.74) is 0.760. The van der Waals surface area contributed by atoms with Crippen LogP contribution in [-0.4, -0.2) is 25.0 Å². The largest absolute Gasteiger partial charge is 0.313 e. The van der Waals surface area contributed by atoms with Gasteiger partial charge < -0.3 is 10.2 Å². The van der Waals surface area contributed by atoms with E-state index in [0.717, 1.165) is 12.2 Å². The molecule has 0 atom stereocenters. The number of nitrogens with zero attached hydrogens (tertiary/aromatic N) is 1. The minimum atomic E-state index is -0.280. The predicted octanol–water partition coefficient (Wildman–Crippen LogP) is 2.32. The van der Waals surface area contributed by atoms with Gasteiger partial charge in [-0.2, -0.15) is 0 Å². The van der Waals surface area contributed by atoms with E-state index in [1.165, 1.54) is 25.0 Å². The third kappa shape index (κ3) is 3.53. The van der Waals surface area contributed by atoms with E-state index in [4.69, 9.17) is 0 Å².